The van der Waals surface area contributed by atoms with Crippen LogP contribution in [0.15, 0.2) is 79.1 Å². The summed E-state index contributed by atoms with van der Waals surface area (Å²) in [6.45, 7) is 2.28. The fourth-order valence-electron chi connectivity index (χ4n) is 4.68. The Balaban J connectivity index is 1.40. The molecule has 0 unspecified atom stereocenters. The van der Waals surface area contributed by atoms with E-state index in [2.05, 4.69) is 21.7 Å². The Labute approximate surface area is 190 Å². The molecular formula is C27H20N4O2. The zero-order valence-corrected chi connectivity index (χ0v) is 18.0. The maximum absolute atomic E-state index is 13.3. The number of carbonyl (C=O) groups is 2. The summed E-state index contributed by atoms with van der Waals surface area (Å²) in [4.78, 5) is 36.9. The zero-order chi connectivity index (χ0) is 22.5. The Hall–Kier alpha value is -4.32. The van der Waals surface area contributed by atoms with Crippen molar-refractivity contribution in [3.05, 3.63) is 102 Å². The van der Waals surface area contributed by atoms with Crippen LogP contribution in [0.5, 0.6) is 0 Å². The van der Waals surface area contributed by atoms with Crippen LogP contribution in [-0.2, 0) is 6.42 Å². The molecule has 2 aromatic heterocycles. The molecular weight excluding hydrogens is 412 g/mol. The van der Waals surface area contributed by atoms with Crippen molar-refractivity contribution >= 4 is 33.6 Å². The summed E-state index contributed by atoms with van der Waals surface area (Å²) >= 11 is 0. The number of carbonyl (C=O) groups excluding carboxylic acids is 2. The second kappa shape index (κ2) is 7.38. The summed E-state index contributed by atoms with van der Waals surface area (Å²) in [5.41, 5.74) is 5.07. The van der Waals surface area contributed by atoms with E-state index >= 15 is 0 Å². The number of imide groups is 1. The first-order chi connectivity index (χ1) is 16.1. The van der Waals surface area contributed by atoms with Crippen LogP contribution in [0.2, 0.25) is 0 Å². The number of hydrogen-bond donors (Lipinski definition) is 0. The van der Waals surface area contributed by atoms with E-state index in [0.717, 1.165) is 38.9 Å². The van der Waals surface area contributed by atoms with Crippen molar-refractivity contribution in [1.29, 1.82) is 0 Å². The third kappa shape index (κ3) is 3.03. The van der Waals surface area contributed by atoms with E-state index in [1.54, 1.807) is 24.5 Å². The number of nitrogens with zero attached hydrogens (tertiary/aromatic N) is 4. The fraction of sp³-hybridized carbons (Fsp3) is 0.111. The number of aromatic nitrogens is 3. The summed E-state index contributed by atoms with van der Waals surface area (Å²) in [5.74, 6) is 0.276. The molecule has 3 aromatic carbocycles. The second-order valence-corrected chi connectivity index (χ2v) is 8.28. The second-order valence-electron chi connectivity index (χ2n) is 8.28. The molecule has 0 N–H and O–H groups in total. The summed E-state index contributed by atoms with van der Waals surface area (Å²) < 4.78 is 2.07. The van der Waals surface area contributed by atoms with Gasteiger partial charge in [0.15, 0.2) is 0 Å². The first-order valence-electron chi connectivity index (χ1n) is 10.9. The summed E-state index contributed by atoms with van der Waals surface area (Å²) in [6, 6.07) is 21.2. The van der Waals surface area contributed by atoms with Gasteiger partial charge in [0.05, 0.1) is 16.7 Å². The minimum Gasteiger partial charge on any atom is -0.296 e. The summed E-state index contributed by atoms with van der Waals surface area (Å²) in [6.07, 6.45) is 3.93. The predicted molar refractivity (Wildman–Crippen MR) is 127 cm³/mol. The highest BCUT2D eigenvalue weighted by atomic mass is 16.2. The fourth-order valence-corrected chi connectivity index (χ4v) is 4.68. The molecule has 6 heteroatoms. The third-order valence-electron chi connectivity index (χ3n) is 6.22. The minimum absolute atomic E-state index is 0.246. The van der Waals surface area contributed by atoms with Crippen LogP contribution < -0.4 is 0 Å². The van der Waals surface area contributed by atoms with Crippen molar-refractivity contribution in [2.24, 2.45) is 0 Å². The molecule has 1 aliphatic rings. The lowest BCUT2D eigenvalue weighted by Crippen LogP contribution is -2.41. The number of benzene rings is 3. The lowest BCUT2D eigenvalue weighted by Gasteiger charge is -2.27. The van der Waals surface area contributed by atoms with Gasteiger partial charge in [0.1, 0.15) is 5.82 Å². The van der Waals surface area contributed by atoms with Crippen molar-refractivity contribution in [3.8, 4) is 5.69 Å². The van der Waals surface area contributed by atoms with Gasteiger partial charge in [-0.25, -0.2) is 4.98 Å². The van der Waals surface area contributed by atoms with E-state index in [1.807, 2.05) is 49.4 Å². The lowest BCUT2D eigenvalue weighted by atomic mass is 9.94. The van der Waals surface area contributed by atoms with E-state index in [4.69, 9.17) is 4.98 Å². The van der Waals surface area contributed by atoms with Gasteiger partial charge in [-0.2, -0.15) is 0 Å². The molecule has 0 fully saturated rings. The summed E-state index contributed by atoms with van der Waals surface area (Å²) in [7, 11) is 0. The van der Waals surface area contributed by atoms with Crippen LogP contribution in [0.4, 0.5) is 0 Å². The molecule has 2 amide bonds. The molecule has 0 saturated carbocycles. The molecule has 0 saturated heterocycles. The minimum atomic E-state index is -0.258. The van der Waals surface area contributed by atoms with E-state index in [1.165, 1.54) is 4.90 Å². The quantitative estimate of drug-likeness (QED) is 0.386. The van der Waals surface area contributed by atoms with Crippen LogP contribution in [0.25, 0.3) is 27.5 Å². The SMILES string of the molecule is Cc1ccc2c(c1)nc(CCN1C(=O)c3cccc4cccc(c34)C1=O)n2-c1ccncc1. The van der Waals surface area contributed by atoms with Gasteiger partial charge in [0, 0.05) is 41.9 Å². The first kappa shape index (κ1) is 19.4. The van der Waals surface area contributed by atoms with Crippen LogP contribution >= 0.6 is 0 Å². The van der Waals surface area contributed by atoms with Crippen molar-refractivity contribution in [2.45, 2.75) is 13.3 Å². The van der Waals surface area contributed by atoms with Crippen LogP contribution in [0.3, 0.4) is 0 Å². The molecule has 0 spiro atoms. The normalized spacial score (nSPS) is 13.3. The van der Waals surface area contributed by atoms with Crippen LogP contribution in [0, 0.1) is 6.92 Å². The predicted octanol–water partition coefficient (Wildman–Crippen LogP) is 4.72. The third-order valence-corrected chi connectivity index (χ3v) is 6.22. The van der Waals surface area contributed by atoms with Gasteiger partial charge in [-0.3, -0.25) is 24.0 Å². The number of rotatable bonds is 4. The maximum atomic E-state index is 13.3. The largest absolute Gasteiger partial charge is 0.296 e. The number of fused-ring (bicyclic) bond motifs is 1. The maximum Gasteiger partial charge on any atom is 0.261 e. The van der Waals surface area contributed by atoms with Crippen molar-refractivity contribution < 1.29 is 9.59 Å². The molecule has 3 heterocycles. The van der Waals surface area contributed by atoms with Gasteiger partial charge in [0.25, 0.3) is 11.8 Å². The number of imidazole rings is 1. The standard InChI is InChI=1S/C27H20N4O2/c1-17-8-9-23-22(16-17)29-24(31(23)19-10-13-28-14-11-19)12-15-30-26(32)20-6-2-4-18-5-3-7-21(25(18)20)27(30)33/h2-11,13-14,16H,12,15H2,1H3. The molecule has 6 nitrogen and oxygen atoms in total. The molecule has 160 valence electrons. The highest BCUT2D eigenvalue weighted by Gasteiger charge is 2.32. The van der Waals surface area contributed by atoms with Gasteiger partial charge >= 0.3 is 0 Å². The first-order valence-corrected chi connectivity index (χ1v) is 10.9. The average molecular weight is 432 g/mol. The Morgan fingerprint density at radius 1 is 0.848 bits per heavy atom. The zero-order valence-electron chi connectivity index (χ0n) is 18.0. The van der Waals surface area contributed by atoms with E-state index in [-0.39, 0.29) is 18.4 Å². The number of aryl methyl sites for hydroxylation is 1. The van der Waals surface area contributed by atoms with Gasteiger partial charge in [0.2, 0.25) is 0 Å². The molecule has 33 heavy (non-hydrogen) atoms. The van der Waals surface area contributed by atoms with Gasteiger partial charge in [-0.1, -0.05) is 30.3 Å². The highest BCUT2D eigenvalue weighted by molar-refractivity contribution is 6.25. The Morgan fingerprint density at radius 2 is 1.55 bits per heavy atom. The van der Waals surface area contributed by atoms with Crippen LogP contribution in [0.1, 0.15) is 32.1 Å². The van der Waals surface area contributed by atoms with Gasteiger partial charge in [-0.05, 0) is 54.3 Å². The number of amides is 2. The van der Waals surface area contributed by atoms with E-state index in [0.29, 0.717) is 17.5 Å². The number of pyridine rings is 1. The van der Waals surface area contributed by atoms with E-state index in [9.17, 15) is 9.59 Å². The van der Waals surface area contributed by atoms with Crippen molar-refractivity contribution in [2.75, 3.05) is 6.54 Å². The Kier molecular flexibility index (Phi) is 4.33. The molecule has 1 aliphatic heterocycles. The van der Waals surface area contributed by atoms with Gasteiger partial charge < -0.3 is 0 Å². The smallest absolute Gasteiger partial charge is 0.261 e. The molecule has 0 radical (unpaired) electrons. The molecule has 0 atom stereocenters. The molecule has 0 aliphatic carbocycles. The van der Waals surface area contributed by atoms with E-state index < -0.39 is 0 Å². The molecule has 0 bridgehead atoms. The lowest BCUT2D eigenvalue weighted by molar-refractivity contribution is 0.0612. The molecule has 6 rings (SSSR count). The Bertz CT molecular complexity index is 1520. The van der Waals surface area contributed by atoms with Crippen LogP contribution in [-0.4, -0.2) is 37.8 Å². The average Bonchev–Trinajstić information content (AvgIpc) is 3.20. The van der Waals surface area contributed by atoms with Gasteiger partial charge in [-0.15, -0.1) is 0 Å². The summed E-state index contributed by atoms with van der Waals surface area (Å²) in [5, 5.41) is 1.65. The molecule has 5 aromatic rings. The Morgan fingerprint density at radius 3 is 2.24 bits per heavy atom. The monoisotopic (exact) mass is 432 g/mol. The van der Waals surface area contributed by atoms with Crippen molar-refractivity contribution in [3.63, 3.8) is 0 Å². The topological polar surface area (TPSA) is 68.1 Å². The highest BCUT2D eigenvalue weighted by Crippen LogP contribution is 2.30. The van der Waals surface area contributed by atoms with Crippen molar-refractivity contribution in [1.82, 2.24) is 19.4 Å². The number of hydrogen-bond acceptors (Lipinski definition) is 4.